The lowest BCUT2D eigenvalue weighted by molar-refractivity contribution is 0.160. The van der Waals surface area contributed by atoms with Crippen LogP contribution in [0.15, 0.2) is 67.0 Å². The van der Waals surface area contributed by atoms with Crippen molar-refractivity contribution in [1.82, 2.24) is 9.29 Å². The second kappa shape index (κ2) is 10.2. The maximum absolute atomic E-state index is 6.33. The molecule has 6 heteroatoms. The van der Waals surface area contributed by atoms with E-state index in [2.05, 4.69) is 56.1 Å². The number of rotatable bonds is 7. The zero-order valence-corrected chi connectivity index (χ0v) is 19.7. The fourth-order valence-electron chi connectivity index (χ4n) is 4.39. The highest BCUT2D eigenvalue weighted by Crippen LogP contribution is 2.34. The number of fused-ring (bicyclic) bond motifs is 1. The monoisotopic (exact) mass is 465 g/mol. The summed E-state index contributed by atoms with van der Waals surface area (Å²) in [6.45, 7) is 3.30. The second-order valence-corrected chi connectivity index (χ2v) is 9.98. The van der Waals surface area contributed by atoms with Crippen molar-refractivity contribution in [2.24, 2.45) is 0 Å². The van der Waals surface area contributed by atoms with Crippen molar-refractivity contribution in [3.63, 3.8) is 0 Å². The Bertz CT molecular complexity index is 1030. The zero-order valence-electron chi connectivity index (χ0n) is 18.1. The van der Waals surface area contributed by atoms with Gasteiger partial charge in [-0.2, -0.15) is 0 Å². The third kappa shape index (κ3) is 5.22. The van der Waals surface area contributed by atoms with E-state index in [4.69, 9.17) is 16.3 Å². The molecule has 3 aromatic rings. The lowest BCUT2D eigenvalue weighted by Crippen LogP contribution is -2.23. The minimum absolute atomic E-state index is 0.337. The van der Waals surface area contributed by atoms with Crippen LogP contribution in [0.4, 0.5) is 5.69 Å². The molecule has 0 amide bonds. The van der Waals surface area contributed by atoms with Crippen LogP contribution in [-0.2, 0) is 6.42 Å². The van der Waals surface area contributed by atoms with Crippen molar-refractivity contribution < 1.29 is 4.74 Å². The summed E-state index contributed by atoms with van der Waals surface area (Å²) < 4.78 is 11.2. The number of ether oxygens (including phenoxy) is 1. The second-order valence-electron chi connectivity index (χ2n) is 8.42. The van der Waals surface area contributed by atoms with Crippen LogP contribution in [0.25, 0.3) is 11.1 Å². The van der Waals surface area contributed by atoms with Gasteiger partial charge in [0.05, 0.1) is 11.8 Å². The van der Waals surface area contributed by atoms with Crippen molar-refractivity contribution in [3.8, 4) is 16.9 Å². The molecule has 5 rings (SSSR count). The van der Waals surface area contributed by atoms with E-state index in [0.29, 0.717) is 6.10 Å². The Morgan fingerprint density at radius 3 is 2.62 bits per heavy atom. The maximum atomic E-state index is 6.33. The maximum Gasteiger partial charge on any atom is 0.122 e. The summed E-state index contributed by atoms with van der Waals surface area (Å²) in [6, 6.07) is 18.8. The van der Waals surface area contributed by atoms with Gasteiger partial charge in [0.2, 0.25) is 0 Å². The van der Waals surface area contributed by atoms with Crippen molar-refractivity contribution in [1.29, 1.82) is 0 Å². The standard InChI is InChI=1S/C26H28ClN3OS/c27-23-8-4-20(5-9-23)21-7-11-26-22(19-21)6-10-25(31-26)3-1-2-16-29-17-18-30(32-29)24-12-14-28-15-13-24/h4-5,7-9,11-15,19,25H,1-3,6,10,16-18H2. The molecule has 1 fully saturated rings. The van der Waals surface area contributed by atoms with Crippen LogP contribution in [-0.4, -0.2) is 35.0 Å². The van der Waals surface area contributed by atoms with Gasteiger partial charge >= 0.3 is 0 Å². The van der Waals surface area contributed by atoms with E-state index in [-0.39, 0.29) is 0 Å². The molecule has 1 unspecified atom stereocenters. The van der Waals surface area contributed by atoms with E-state index < -0.39 is 0 Å². The Labute approximate surface area is 199 Å². The molecular weight excluding hydrogens is 438 g/mol. The van der Waals surface area contributed by atoms with Crippen LogP contribution in [0, 0.1) is 0 Å². The minimum Gasteiger partial charge on any atom is -0.490 e. The normalized spacial score (nSPS) is 18.4. The molecule has 0 radical (unpaired) electrons. The van der Waals surface area contributed by atoms with Crippen LogP contribution < -0.4 is 9.04 Å². The number of anilines is 1. The molecule has 2 aliphatic heterocycles. The average molecular weight is 466 g/mol. The summed E-state index contributed by atoms with van der Waals surface area (Å²) in [5, 5.41) is 0.771. The van der Waals surface area contributed by atoms with Crippen LogP contribution in [0.2, 0.25) is 5.02 Å². The highest BCUT2D eigenvalue weighted by Gasteiger charge is 2.23. The van der Waals surface area contributed by atoms with E-state index in [1.54, 1.807) is 0 Å². The lowest BCUT2D eigenvalue weighted by Gasteiger charge is -2.27. The summed E-state index contributed by atoms with van der Waals surface area (Å²) in [5.74, 6) is 1.06. The number of benzene rings is 2. The molecule has 0 aliphatic carbocycles. The van der Waals surface area contributed by atoms with E-state index in [9.17, 15) is 0 Å². The summed E-state index contributed by atoms with van der Waals surface area (Å²) in [5.41, 5.74) is 4.98. The van der Waals surface area contributed by atoms with E-state index >= 15 is 0 Å². The van der Waals surface area contributed by atoms with Gasteiger partial charge in [-0.3, -0.25) is 4.98 Å². The molecular formula is C26H28ClN3OS. The molecule has 0 N–H and O–H groups in total. The quantitative estimate of drug-likeness (QED) is 0.287. The third-order valence-corrected chi connectivity index (χ3v) is 7.61. The van der Waals surface area contributed by atoms with Gasteiger partial charge in [-0.1, -0.05) is 29.8 Å². The Kier molecular flexibility index (Phi) is 6.86. The Morgan fingerprint density at radius 2 is 1.78 bits per heavy atom. The lowest BCUT2D eigenvalue weighted by atomic mass is 9.95. The molecule has 2 aliphatic rings. The number of halogens is 1. The number of aryl methyl sites for hydroxylation is 1. The number of hydrogen-bond acceptors (Lipinski definition) is 5. The van der Waals surface area contributed by atoms with Gasteiger partial charge in [-0.05, 0) is 85.2 Å². The van der Waals surface area contributed by atoms with E-state index in [1.807, 2.05) is 36.7 Å². The molecule has 1 atom stereocenters. The Morgan fingerprint density at radius 1 is 0.969 bits per heavy atom. The molecule has 166 valence electrons. The van der Waals surface area contributed by atoms with Crippen LogP contribution >= 0.6 is 23.7 Å². The smallest absolute Gasteiger partial charge is 0.122 e. The van der Waals surface area contributed by atoms with Gasteiger partial charge in [-0.15, -0.1) is 0 Å². The first-order chi connectivity index (χ1) is 15.7. The molecule has 1 saturated heterocycles. The molecule has 1 aromatic heterocycles. The fourth-order valence-corrected chi connectivity index (χ4v) is 5.55. The molecule has 0 spiro atoms. The number of aromatic nitrogens is 1. The first kappa shape index (κ1) is 21.6. The predicted octanol–water partition coefficient (Wildman–Crippen LogP) is 6.65. The van der Waals surface area contributed by atoms with Crippen molar-refractivity contribution >= 4 is 29.4 Å². The van der Waals surface area contributed by atoms with Crippen LogP contribution in [0.3, 0.4) is 0 Å². The molecule has 0 saturated carbocycles. The first-order valence-corrected chi connectivity index (χ1v) is 12.5. The van der Waals surface area contributed by atoms with Crippen LogP contribution in [0.1, 0.15) is 31.2 Å². The largest absolute Gasteiger partial charge is 0.490 e. The summed E-state index contributed by atoms with van der Waals surface area (Å²) >= 11 is 7.86. The van der Waals surface area contributed by atoms with Gasteiger partial charge in [0, 0.05) is 49.2 Å². The van der Waals surface area contributed by atoms with Crippen molar-refractivity contribution in [2.45, 2.75) is 38.2 Å². The Hall–Kier alpha value is -2.21. The summed E-state index contributed by atoms with van der Waals surface area (Å²) in [6.07, 6.45) is 9.79. The highest BCUT2D eigenvalue weighted by atomic mass is 35.5. The number of nitrogens with zero attached hydrogens (tertiary/aromatic N) is 3. The Balaban J connectivity index is 1.07. The first-order valence-electron chi connectivity index (χ1n) is 11.4. The predicted molar refractivity (Wildman–Crippen MR) is 134 cm³/mol. The molecule has 4 nitrogen and oxygen atoms in total. The number of hydrogen-bond donors (Lipinski definition) is 0. The van der Waals surface area contributed by atoms with Crippen molar-refractivity contribution in [3.05, 3.63) is 77.6 Å². The minimum atomic E-state index is 0.337. The highest BCUT2D eigenvalue weighted by molar-refractivity contribution is 7.98. The van der Waals surface area contributed by atoms with Gasteiger partial charge in [0.15, 0.2) is 0 Å². The summed E-state index contributed by atoms with van der Waals surface area (Å²) in [4.78, 5) is 4.11. The number of unbranched alkanes of at least 4 members (excludes halogenated alkanes) is 1. The molecule has 32 heavy (non-hydrogen) atoms. The van der Waals surface area contributed by atoms with E-state index in [1.165, 1.54) is 35.2 Å². The van der Waals surface area contributed by atoms with Gasteiger partial charge < -0.3 is 9.04 Å². The third-order valence-electron chi connectivity index (χ3n) is 6.17. The molecule has 0 bridgehead atoms. The zero-order chi connectivity index (χ0) is 21.8. The van der Waals surface area contributed by atoms with Crippen molar-refractivity contribution in [2.75, 3.05) is 23.9 Å². The SMILES string of the molecule is Clc1ccc(-c2ccc3c(c2)CCC(CCCCN2CCN(c4ccncc4)S2)O3)cc1. The topological polar surface area (TPSA) is 28.6 Å². The number of pyridine rings is 1. The van der Waals surface area contributed by atoms with Gasteiger partial charge in [0.1, 0.15) is 5.75 Å². The van der Waals surface area contributed by atoms with E-state index in [0.717, 1.165) is 49.7 Å². The average Bonchev–Trinajstić information content (AvgIpc) is 3.32. The van der Waals surface area contributed by atoms with Crippen LogP contribution in [0.5, 0.6) is 5.75 Å². The summed E-state index contributed by atoms with van der Waals surface area (Å²) in [7, 11) is 0. The van der Waals surface area contributed by atoms with Gasteiger partial charge in [0.25, 0.3) is 0 Å². The fraction of sp³-hybridized carbons (Fsp3) is 0.346. The molecule has 2 aromatic carbocycles. The molecule has 3 heterocycles. The van der Waals surface area contributed by atoms with Gasteiger partial charge in [-0.25, -0.2) is 4.31 Å².